The minimum atomic E-state index is -1.14. The summed E-state index contributed by atoms with van der Waals surface area (Å²) < 4.78 is 0. The van der Waals surface area contributed by atoms with Crippen LogP contribution >= 0.6 is 0 Å². The molecule has 0 radical (unpaired) electrons. The van der Waals surface area contributed by atoms with E-state index in [1.807, 2.05) is 0 Å². The summed E-state index contributed by atoms with van der Waals surface area (Å²) in [5.74, 6) is -1.05. The highest BCUT2D eigenvalue weighted by Gasteiger charge is 2.25. The van der Waals surface area contributed by atoms with E-state index < -0.39 is 17.9 Å². The van der Waals surface area contributed by atoms with Crippen LogP contribution in [0.15, 0.2) is 0 Å². The number of nitrogens with one attached hydrogen (secondary N) is 2. The third kappa shape index (κ3) is 2.70. The maximum atomic E-state index is 11.3. The first-order chi connectivity index (χ1) is 6.65. The van der Waals surface area contributed by atoms with Crippen molar-refractivity contribution in [3.05, 3.63) is 0 Å². The van der Waals surface area contributed by atoms with Crippen LogP contribution in [0.3, 0.4) is 0 Å². The van der Waals surface area contributed by atoms with Gasteiger partial charge in [0.15, 0.2) is 6.04 Å². The molecule has 80 valence electrons. The second-order valence-corrected chi connectivity index (χ2v) is 3.60. The Bertz CT molecular complexity index is 226. The Morgan fingerprint density at radius 3 is 2.50 bits per heavy atom. The second kappa shape index (κ2) is 4.95. The van der Waals surface area contributed by atoms with Gasteiger partial charge in [-0.2, -0.15) is 0 Å². The lowest BCUT2D eigenvalue weighted by Gasteiger charge is -2.25. The molecular weight excluding hydrogens is 184 g/mol. The smallest absolute Gasteiger partial charge is 0.330 e. The van der Waals surface area contributed by atoms with E-state index in [0.29, 0.717) is 12.5 Å². The van der Waals surface area contributed by atoms with E-state index in [2.05, 4.69) is 10.6 Å². The van der Waals surface area contributed by atoms with Crippen molar-refractivity contribution in [1.29, 1.82) is 0 Å². The molecule has 0 saturated heterocycles. The third-order valence-corrected chi connectivity index (χ3v) is 2.59. The van der Waals surface area contributed by atoms with E-state index in [-0.39, 0.29) is 0 Å². The van der Waals surface area contributed by atoms with Crippen molar-refractivity contribution < 1.29 is 14.7 Å². The van der Waals surface area contributed by atoms with Gasteiger partial charge < -0.3 is 10.4 Å². The fourth-order valence-corrected chi connectivity index (χ4v) is 1.41. The highest BCUT2D eigenvalue weighted by Crippen LogP contribution is 2.25. The first kappa shape index (κ1) is 11.0. The summed E-state index contributed by atoms with van der Waals surface area (Å²) in [7, 11) is 1.46. The molecule has 0 heterocycles. The molecule has 0 aromatic carbocycles. The minimum absolute atomic E-state index is 0.452. The Hall–Kier alpha value is -1.10. The van der Waals surface area contributed by atoms with Gasteiger partial charge in [0.25, 0.3) is 0 Å². The number of hydrogen-bond donors (Lipinski definition) is 3. The van der Waals surface area contributed by atoms with Gasteiger partial charge in [-0.25, -0.2) is 4.79 Å². The summed E-state index contributed by atoms with van der Waals surface area (Å²) in [5.41, 5.74) is 0. The van der Waals surface area contributed by atoms with E-state index in [0.717, 1.165) is 12.8 Å². The van der Waals surface area contributed by atoms with Crippen molar-refractivity contribution in [1.82, 2.24) is 10.6 Å². The Balaban J connectivity index is 2.27. The number of aliphatic carboxylic acids is 1. The zero-order valence-electron chi connectivity index (χ0n) is 8.25. The molecule has 1 fully saturated rings. The molecule has 14 heavy (non-hydrogen) atoms. The number of amides is 1. The topological polar surface area (TPSA) is 78.4 Å². The molecule has 1 aliphatic rings. The lowest BCUT2D eigenvalue weighted by atomic mass is 9.85. The van der Waals surface area contributed by atoms with Crippen molar-refractivity contribution in [2.75, 3.05) is 13.6 Å². The molecule has 5 heteroatoms. The largest absolute Gasteiger partial charge is 0.480 e. The summed E-state index contributed by atoms with van der Waals surface area (Å²) in [5, 5.41) is 13.7. The van der Waals surface area contributed by atoms with Crippen LogP contribution in [0.2, 0.25) is 0 Å². The Labute approximate surface area is 82.9 Å². The lowest BCUT2D eigenvalue weighted by Crippen LogP contribution is -2.49. The fraction of sp³-hybridized carbons (Fsp3) is 0.778. The van der Waals surface area contributed by atoms with Gasteiger partial charge in [0.05, 0.1) is 0 Å². The number of carboxylic acids is 1. The van der Waals surface area contributed by atoms with E-state index in [4.69, 9.17) is 5.11 Å². The Morgan fingerprint density at radius 1 is 1.50 bits per heavy atom. The molecule has 1 amide bonds. The Kier molecular flexibility index (Phi) is 3.88. The first-order valence-electron chi connectivity index (χ1n) is 4.83. The molecule has 0 aromatic heterocycles. The average molecular weight is 200 g/mol. The van der Waals surface area contributed by atoms with Crippen LogP contribution in [-0.4, -0.2) is 36.6 Å². The van der Waals surface area contributed by atoms with Gasteiger partial charge in [-0.05, 0) is 25.8 Å². The van der Waals surface area contributed by atoms with E-state index in [9.17, 15) is 9.59 Å². The molecule has 1 saturated carbocycles. The second-order valence-electron chi connectivity index (χ2n) is 3.60. The van der Waals surface area contributed by atoms with Gasteiger partial charge in [-0.1, -0.05) is 6.42 Å². The molecule has 1 atom stereocenters. The molecular formula is C9H16N2O3. The van der Waals surface area contributed by atoms with Crippen molar-refractivity contribution >= 4 is 11.9 Å². The van der Waals surface area contributed by atoms with Crippen molar-refractivity contribution in [3.63, 3.8) is 0 Å². The molecule has 5 nitrogen and oxygen atoms in total. The summed E-state index contributed by atoms with van der Waals surface area (Å²) in [4.78, 5) is 21.9. The maximum absolute atomic E-state index is 11.3. The molecule has 0 aliphatic heterocycles. The maximum Gasteiger partial charge on any atom is 0.330 e. The highest BCUT2D eigenvalue weighted by molar-refractivity contribution is 6.01. The Morgan fingerprint density at radius 2 is 2.14 bits per heavy atom. The zero-order chi connectivity index (χ0) is 10.6. The van der Waals surface area contributed by atoms with Gasteiger partial charge in [0, 0.05) is 6.54 Å². The van der Waals surface area contributed by atoms with Gasteiger partial charge >= 0.3 is 5.97 Å². The summed E-state index contributed by atoms with van der Waals surface area (Å²) in [6.45, 7) is 0.601. The van der Waals surface area contributed by atoms with Gasteiger partial charge in [0.1, 0.15) is 0 Å². The fourth-order valence-electron chi connectivity index (χ4n) is 1.41. The summed E-state index contributed by atoms with van der Waals surface area (Å²) in [6.07, 6.45) is 3.49. The number of likely N-dealkylation sites (N-methyl/N-ethyl adjacent to an activating group) is 1. The first-order valence-corrected chi connectivity index (χ1v) is 4.83. The quantitative estimate of drug-likeness (QED) is 0.526. The molecule has 1 aliphatic carbocycles. The monoisotopic (exact) mass is 200 g/mol. The van der Waals surface area contributed by atoms with Gasteiger partial charge in [-0.3, -0.25) is 10.1 Å². The molecule has 1 rings (SSSR count). The number of carbonyl (C=O) groups excluding carboxylic acids is 1. The average Bonchev–Trinajstić information content (AvgIpc) is 2.01. The van der Waals surface area contributed by atoms with E-state index in [1.54, 1.807) is 0 Å². The van der Waals surface area contributed by atoms with E-state index in [1.165, 1.54) is 13.5 Å². The van der Waals surface area contributed by atoms with Crippen LogP contribution in [0.1, 0.15) is 19.3 Å². The molecule has 0 aromatic rings. The van der Waals surface area contributed by atoms with Crippen LogP contribution in [0.5, 0.6) is 0 Å². The number of carbonyl (C=O) groups is 2. The van der Waals surface area contributed by atoms with E-state index >= 15 is 0 Å². The number of hydrogen-bond acceptors (Lipinski definition) is 3. The lowest BCUT2D eigenvalue weighted by molar-refractivity contribution is -0.143. The van der Waals surface area contributed by atoms with Gasteiger partial charge in [0.2, 0.25) is 5.91 Å². The minimum Gasteiger partial charge on any atom is -0.480 e. The molecule has 1 unspecified atom stereocenters. The predicted octanol–water partition coefficient (Wildman–Crippen LogP) is -0.425. The molecule has 0 spiro atoms. The predicted molar refractivity (Wildman–Crippen MR) is 50.8 cm³/mol. The third-order valence-electron chi connectivity index (χ3n) is 2.59. The van der Waals surface area contributed by atoms with Gasteiger partial charge in [-0.15, -0.1) is 0 Å². The van der Waals surface area contributed by atoms with Crippen LogP contribution < -0.4 is 10.6 Å². The SMILES string of the molecule is CNC(C(=O)O)C(=O)NCC1CCC1. The van der Waals surface area contributed by atoms with Crippen molar-refractivity contribution in [3.8, 4) is 0 Å². The van der Waals surface area contributed by atoms with Crippen LogP contribution in [0, 0.1) is 5.92 Å². The van der Waals surface area contributed by atoms with Crippen molar-refractivity contribution in [2.45, 2.75) is 25.3 Å². The van der Waals surface area contributed by atoms with Crippen LogP contribution in [0.4, 0.5) is 0 Å². The van der Waals surface area contributed by atoms with Crippen molar-refractivity contribution in [2.24, 2.45) is 5.92 Å². The summed E-state index contributed by atoms with van der Waals surface area (Å²) in [6, 6.07) is -1.13. The summed E-state index contributed by atoms with van der Waals surface area (Å²) >= 11 is 0. The number of rotatable bonds is 5. The normalized spacial score (nSPS) is 18.4. The molecule has 3 N–H and O–H groups in total. The standard InChI is InChI=1S/C9H16N2O3/c1-10-7(9(13)14)8(12)11-5-6-3-2-4-6/h6-7,10H,2-5H2,1H3,(H,11,12)(H,13,14). The van der Waals surface area contributed by atoms with Crippen LogP contribution in [0.25, 0.3) is 0 Å². The van der Waals surface area contributed by atoms with Crippen LogP contribution in [-0.2, 0) is 9.59 Å². The highest BCUT2D eigenvalue weighted by atomic mass is 16.4. The zero-order valence-corrected chi connectivity index (χ0v) is 8.25. The molecule has 0 bridgehead atoms. The number of carboxylic acid groups (broad SMARTS) is 1.